The molecule has 0 spiro atoms. The van der Waals surface area contributed by atoms with E-state index in [4.69, 9.17) is 4.74 Å². The van der Waals surface area contributed by atoms with Crippen LogP contribution in [0.25, 0.3) is 10.2 Å². The highest BCUT2D eigenvalue weighted by Gasteiger charge is 2.17. The van der Waals surface area contributed by atoms with Crippen LogP contribution in [0.5, 0.6) is 5.75 Å². The monoisotopic (exact) mass is 354 g/mol. The minimum absolute atomic E-state index is 0.000126. The third-order valence-corrected chi connectivity index (χ3v) is 5.47. The number of likely N-dealkylation sites (N-methyl/N-ethyl adjacent to an activating group) is 1. The first kappa shape index (κ1) is 17.4. The molecule has 3 aromatic rings. The smallest absolute Gasteiger partial charge is 0.266 e. The molecule has 0 saturated heterocycles. The lowest BCUT2D eigenvalue weighted by Crippen LogP contribution is -2.31. The summed E-state index contributed by atoms with van der Waals surface area (Å²) in [7, 11) is 1.74. The molecule has 0 saturated carbocycles. The van der Waals surface area contributed by atoms with Gasteiger partial charge in [0.25, 0.3) is 5.91 Å². The number of rotatable bonds is 6. The molecule has 0 fully saturated rings. The number of ether oxygens (including phenoxy) is 1. The Bertz CT molecular complexity index is 842. The van der Waals surface area contributed by atoms with E-state index in [-0.39, 0.29) is 12.5 Å². The molecule has 5 heteroatoms. The quantitative estimate of drug-likeness (QED) is 0.635. The molecule has 0 aliphatic carbocycles. The van der Waals surface area contributed by atoms with Crippen LogP contribution in [-0.2, 0) is 4.79 Å². The van der Waals surface area contributed by atoms with Crippen LogP contribution in [0, 0.1) is 0 Å². The third kappa shape index (κ3) is 3.82. The maximum atomic E-state index is 12.5. The fourth-order valence-corrected chi connectivity index (χ4v) is 3.53. The van der Waals surface area contributed by atoms with Gasteiger partial charge < -0.3 is 4.74 Å². The standard InChI is InChI=1S/C20H22N2O2S/c1-4-14(2)15-9-5-7-11-17(15)24-13-19(23)22(3)20-21-16-10-6-8-12-18(16)25-20/h5-12,14H,4,13H2,1-3H3. The molecule has 0 radical (unpaired) electrons. The number of carbonyl (C=O) groups excluding carboxylic acids is 1. The average molecular weight is 354 g/mol. The zero-order chi connectivity index (χ0) is 17.8. The van der Waals surface area contributed by atoms with Crippen LogP contribution < -0.4 is 9.64 Å². The second-order valence-electron chi connectivity index (χ2n) is 6.05. The molecule has 2 aromatic carbocycles. The first-order valence-electron chi connectivity index (χ1n) is 8.44. The molecule has 4 nitrogen and oxygen atoms in total. The fraction of sp³-hybridized carbons (Fsp3) is 0.300. The molecule has 1 atom stereocenters. The van der Waals surface area contributed by atoms with Crippen molar-refractivity contribution in [1.82, 2.24) is 4.98 Å². The van der Waals surface area contributed by atoms with Gasteiger partial charge in [-0.3, -0.25) is 9.69 Å². The zero-order valence-corrected chi connectivity index (χ0v) is 15.5. The first-order chi connectivity index (χ1) is 12.1. The Morgan fingerprint density at radius 1 is 1.20 bits per heavy atom. The van der Waals surface area contributed by atoms with Crippen LogP contribution in [0.1, 0.15) is 31.7 Å². The van der Waals surface area contributed by atoms with Gasteiger partial charge in [0.2, 0.25) is 0 Å². The van der Waals surface area contributed by atoms with Crippen molar-refractivity contribution in [3.05, 3.63) is 54.1 Å². The number of nitrogens with zero attached hydrogens (tertiary/aromatic N) is 2. The predicted molar refractivity (Wildman–Crippen MR) is 104 cm³/mol. The molecule has 1 heterocycles. The summed E-state index contributed by atoms with van der Waals surface area (Å²) < 4.78 is 6.89. The van der Waals surface area contributed by atoms with E-state index in [9.17, 15) is 4.79 Å². The van der Waals surface area contributed by atoms with Crippen LogP contribution in [0.15, 0.2) is 48.5 Å². The van der Waals surface area contributed by atoms with E-state index >= 15 is 0 Å². The van der Waals surface area contributed by atoms with Gasteiger partial charge in [0.05, 0.1) is 10.2 Å². The van der Waals surface area contributed by atoms with Crippen molar-refractivity contribution in [2.24, 2.45) is 0 Å². The summed E-state index contributed by atoms with van der Waals surface area (Å²) in [6, 6.07) is 15.8. The fourth-order valence-electron chi connectivity index (χ4n) is 2.59. The van der Waals surface area contributed by atoms with Gasteiger partial charge in [-0.25, -0.2) is 4.98 Å². The van der Waals surface area contributed by atoms with Crippen LogP contribution in [0.4, 0.5) is 5.13 Å². The van der Waals surface area contributed by atoms with Crippen molar-refractivity contribution in [2.75, 3.05) is 18.6 Å². The summed E-state index contributed by atoms with van der Waals surface area (Å²) in [5.74, 6) is 1.06. The molecule has 25 heavy (non-hydrogen) atoms. The SMILES string of the molecule is CCC(C)c1ccccc1OCC(=O)N(C)c1nc2ccccc2s1. The van der Waals surface area contributed by atoms with Gasteiger partial charge in [0.1, 0.15) is 5.75 Å². The van der Waals surface area contributed by atoms with Gasteiger partial charge in [0.15, 0.2) is 11.7 Å². The Morgan fingerprint density at radius 3 is 2.68 bits per heavy atom. The van der Waals surface area contributed by atoms with E-state index in [0.717, 1.165) is 28.0 Å². The third-order valence-electron chi connectivity index (χ3n) is 4.36. The Kier molecular flexibility index (Phi) is 5.34. The van der Waals surface area contributed by atoms with Crippen molar-refractivity contribution >= 4 is 32.6 Å². The molecule has 0 aliphatic heterocycles. The van der Waals surface area contributed by atoms with Crippen LogP contribution in [0.2, 0.25) is 0 Å². The predicted octanol–water partition coefficient (Wildman–Crippen LogP) is 4.85. The van der Waals surface area contributed by atoms with Crippen LogP contribution in [0.3, 0.4) is 0 Å². The normalized spacial score (nSPS) is 12.1. The van der Waals surface area contributed by atoms with E-state index in [1.807, 2.05) is 42.5 Å². The van der Waals surface area contributed by atoms with E-state index in [0.29, 0.717) is 11.0 Å². The number of aromatic nitrogens is 1. The van der Waals surface area contributed by atoms with Gasteiger partial charge >= 0.3 is 0 Å². The Balaban J connectivity index is 1.70. The molecular formula is C20H22N2O2S. The molecule has 0 bridgehead atoms. The lowest BCUT2D eigenvalue weighted by molar-refractivity contribution is -0.120. The molecule has 130 valence electrons. The maximum Gasteiger partial charge on any atom is 0.266 e. The van der Waals surface area contributed by atoms with Crippen molar-refractivity contribution < 1.29 is 9.53 Å². The van der Waals surface area contributed by atoms with Gasteiger partial charge in [-0.15, -0.1) is 0 Å². The number of amides is 1. The molecule has 1 aromatic heterocycles. The summed E-state index contributed by atoms with van der Waals surface area (Å²) >= 11 is 1.51. The lowest BCUT2D eigenvalue weighted by Gasteiger charge is -2.17. The minimum atomic E-state index is -0.113. The molecule has 1 amide bonds. The highest BCUT2D eigenvalue weighted by Crippen LogP contribution is 2.29. The van der Waals surface area contributed by atoms with Crippen molar-refractivity contribution in [3.8, 4) is 5.75 Å². The zero-order valence-electron chi connectivity index (χ0n) is 14.7. The van der Waals surface area contributed by atoms with E-state index in [2.05, 4.69) is 24.9 Å². The molecule has 1 unspecified atom stereocenters. The Morgan fingerprint density at radius 2 is 1.92 bits per heavy atom. The highest BCUT2D eigenvalue weighted by molar-refractivity contribution is 7.22. The summed E-state index contributed by atoms with van der Waals surface area (Å²) in [5.41, 5.74) is 2.05. The van der Waals surface area contributed by atoms with Gasteiger partial charge in [-0.1, -0.05) is 55.5 Å². The molecule has 3 rings (SSSR count). The number of carbonyl (C=O) groups is 1. The average Bonchev–Trinajstić information content (AvgIpc) is 3.09. The number of benzene rings is 2. The molecule has 0 N–H and O–H groups in total. The van der Waals surface area contributed by atoms with Crippen LogP contribution in [-0.4, -0.2) is 24.5 Å². The number of anilines is 1. The van der Waals surface area contributed by atoms with Crippen molar-refractivity contribution in [3.63, 3.8) is 0 Å². The second kappa shape index (κ2) is 7.66. The van der Waals surface area contributed by atoms with E-state index in [1.54, 1.807) is 11.9 Å². The van der Waals surface area contributed by atoms with Crippen molar-refractivity contribution in [1.29, 1.82) is 0 Å². The number of hydrogen-bond acceptors (Lipinski definition) is 4. The molecular weight excluding hydrogens is 332 g/mol. The Hall–Kier alpha value is -2.40. The summed E-state index contributed by atoms with van der Waals surface area (Å²) in [4.78, 5) is 18.6. The van der Waals surface area contributed by atoms with Crippen molar-refractivity contribution in [2.45, 2.75) is 26.2 Å². The topological polar surface area (TPSA) is 42.4 Å². The Labute approximate surface area is 152 Å². The largest absolute Gasteiger partial charge is 0.483 e. The highest BCUT2D eigenvalue weighted by atomic mass is 32.1. The number of fused-ring (bicyclic) bond motifs is 1. The van der Waals surface area contributed by atoms with E-state index < -0.39 is 0 Å². The summed E-state index contributed by atoms with van der Waals surface area (Å²) in [6.07, 6.45) is 1.03. The van der Waals surface area contributed by atoms with Gasteiger partial charge in [-0.2, -0.15) is 0 Å². The summed E-state index contributed by atoms with van der Waals surface area (Å²) in [6.45, 7) is 4.31. The van der Waals surface area contributed by atoms with Gasteiger partial charge in [0, 0.05) is 7.05 Å². The summed E-state index contributed by atoms with van der Waals surface area (Å²) in [5, 5.41) is 0.685. The number of para-hydroxylation sites is 2. The number of thiazole rings is 1. The second-order valence-corrected chi connectivity index (χ2v) is 7.06. The first-order valence-corrected chi connectivity index (χ1v) is 9.25. The van der Waals surface area contributed by atoms with Crippen LogP contribution >= 0.6 is 11.3 Å². The minimum Gasteiger partial charge on any atom is -0.483 e. The van der Waals surface area contributed by atoms with Gasteiger partial charge in [-0.05, 0) is 36.1 Å². The molecule has 0 aliphatic rings. The lowest BCUT2D eigenvalue weighted by atomic mass is 9.98. The van der Waals surface area contributed by atoms with E-state index in [1.165, 1.54) is 11.3 Å². The maximum absolute atomic E-state index is 12.5. The number of hydrogen-bond donors (Lipinski definition) is 0.